The van der Waals surface area contributed by atoms with Crippen molar-refractivity contribution in [3.63, 3.8) is 0 Å². The van der Waals surface area contributed by atoms with Gasteiger partial charge in [-0.1, -0.05) is 12.1 Å². The van der Waals surface area contributed by atoms with Crippen LogP contribution in [0.5, 0.6) is 17.2 Å². The van der Waals surface area contributed by atoms with Gasteiger partial charge in [-0.15, -0.1) is 0 Å². The maximum atomic E-state index is 10.00. The van der Waals surface area contributed by atoms with Crippen LogP contribution in [0, 0.1) is 0 Å². The van der Waals surface area contributed by atoms with E-state index in [2.05, 4.69) is 23.1 Å². The molecule has 1 unspecified atom stereocenters. The number of ether oxygens (including phenoxy) is 3. The monoisotopic (exact) mass is 369 g/mol. The molecule has 1 aliphatic carbocycles. The van der Waals surface area contributed by atoms with E-state index < -0.39 is 6.10 Å². The van der Waals surface area contributed by atoms with E-state index in [1.54, 1.807) is 7.11 Å². The van der Waals surface area contributed by atoms with Crippen molar-refractivity contribution in [2.75, 3.05) is 20.4 Å². The van der Waals surface area contributed by atoms with Crippen molar-refractivity contribution >= 4 is 0 Å². The molecule has 5 nitrogen and oxygen atoms in total. The molecule has 0 radical (unpaired) electrons. The van der Waals surface area contributed by atoms with Crippen molar-refractivity contribution in [3.05, 3.63) is 52.6 Å². The minimum absolute atomic E-state index is 0.280. The van der Waals surface area contributed by atoms with Crippen molar-refractivity contribution in [3.8, 4) is 17.2 Å². The van der Waals surface area contributed by atoms with E-state index >= 15 is 0 Å². The highest BCUT2D eigenvalue weighted by Crippen LogP contribution is 2.34. The Morgan fingerprint density at radius 1 is 1.07 bits per heavy atom. The summed E-state index contributed by atoms with van der Waals surface area (Å²) in [7, 11) is 1.73. The molecule has 1 aliphatic heterocycles. The molecule has 27 heavy (non-hydrogen) atoms. The number of benzene rings is 2. The number of nitrogens with zero attached hydrogens (tertiary/aromatic N) is 1. The summed E-state index contributed by atoms with van der Waals surface area (Å²) >= 11 is 0. The smallest absolute Gasteiger partial charge is 0.231 e. The lowest BCUT2D eigenvalue weighted by Gasteiger charge is -2.25. The molecule has 0 spiro atoms. The van der Waals surface area contributed by atoms with E-state index in [-0.39, 0.29) is 6.79 Å². The van der Waals surface area contributed by atoms with Crippen LogP contribution in [-0.2, 0) is 25.9 Å². The van der Waals surface area contributed by atoms with Gasteiger partial charge in [0.2, 0.25) is 6.79 Å². The number of aryl methyl sites for hydroxylation is 2. The summed E-state index contributed by atoms with van der Waals surface area (Å²) in [5.41, 5.74) is 5.17. The molecule has 1 atom stereocenters. The minimum atomic E-state index is -0.403. The molecule has 0 amide bonds. The lowest BCUT2D eigenvalue weighted by atomic mass is 10.0. The number of hydrogen-bond acceptors (Lipinski definition) is 5. The zero-order chi connectivity index (χ0) is 18.8. The first-order valence-electron chi connectivity index (χ1n) is 9.60. The van der Waals surface area contributed by atoms with E-state index in [4.69, 9.17) is 14.2 Å². The third-order valence-electron chi connectivity index (χ3n) is 5.25. The minimum Gasteiger partial charge on any atom is -0.496 e. The fraction of sp³-hybridized carbons (Fsp3) is 0.455. The highest BCUT2D eigenvalue weighted by atomic mass is 16.7. The number of hydrogen-bond donors (Lipinski definition) is 1. The topological polar surface area (TPSA) is 51.2 Å². The molecule has 0 fully saturated rings. The highest BCUT2D eigenvalue weighted by Gasteiger charge is 2.19. The van der Waals surface area contributed by atoms with Crippen LogP contribution in [0.4, 0.5) is 0 Å². The van der Waals surface area contributed by atoms with Gasteiger partial charge in [0.05, 0.1) is 13.2 Å². The maximum absolute atomic E-state index is 10.00. The molecule has 144 valence electrons. The normalized spacial score (nSPS) is 15.9. The van der Waals surface area contributed by atoms with Gasteiger partial charge < -0.3 is 19.3 Å². The summed E-state index contributed by atoms with van der Waals surface area (Å²) in [5.74, 6) is 2.53. The fourth-order valence-corrected chi connectivity index (χ4v) is 4.06. The molecular formula is C22H27NO4. The molecule has 0 saturated carbocycles. The number of aliphatic hydroxyl groups excluding tert-OH is 1. The van der Waals surface area contributed by atoms with Gasteiger partial charge in [0, 0.05) is 25.2 Å². The van der Waals surface area contributed by atoms with Crippen LogP contribution in [0.3, 0.4) is 0 Å². The first-order chi connectivity index (χ1) is 13.1. The van der Waals surface area contributed by atoms with E-state index in [1.807, 2.05) is 19.1 Å². The van der Waals surface area contributed by atoms with Crippen LogP contribution in [-0.4, -0.2) is 36.6 Å². The molecule has 0 bridgehead atoms. The summed E-state index contributed by atoms with van der Waals surface area (Å²) in [6.45, 7) is 4.15. The molecular weight excluding hydrogens is 342 g/mol. The summed E-state index contributed by atoms with van der Waals surface area (Å²) in [5, 5.41) is 10.00. The molecule has 0 aromatic heterocycles. The third kappa shape index (κ3) is 4.04. The standard InChI is InChI=1S/C22H27NO4/c1-15(24)11-23(12-16-6-7-20-22(8-16)27-14-26-20)13-19-9-17-4-3-5-18(17)10-21(19)25-2/h6-10,15,24H,3-5,11-14H2,1-2H3. The maximum Gasteiger partial charge on any atom is 0.231 e. The second-order valence-corrected chi connectivity index (χ2v) is 7.49. The lowest BCUT2D eigenvalue weighted by Crippen LogP contribution is -2.30. The Balaban J connectivity index is 1.56. The average molecular weight is 369 g/mol. The second-order valence-electron chi connectivity index (χ2n) is 7.49. The Morgan fingerprint density at radius 3 is 2.63 bits per heavy atom. The van der Waals surface area contributed by atoms with Crippen molar-refractivity contribution in [1.29, 1.82) is 0 Å². The Labute approximate surface area is 160 Å². The molecule has 1 heterocycles. The summed E-state index contributed by atoms with van der Waals surface area (Å²) in [4.78, 5) is 2.25. The Morgan fingerprint density at radius 2 is 1.85 bits per heavy atom. The first-order valence-corrected chi connectivity index (χ1v) is 9.60. The van der Waals surface area contributed by atoms with Gasteiger partial charge in [0.15, 0.2) is 11.5 Å². The molecule has 4 rings (SSSR count). The van der Waals surface area contributed by atoms with E-state index in [0.29, 0.717) is 6.54 Å². The van der Waals surface area contributed by atoms with Gasteiger partial charge in [-0.3, -0.25) is 4.90 Å². The summed E-state index contributed by atoms with van der Waals surface area (Å²) < 4.78 is 16.6. The highest BCUT2D eigenvalue weighted by molar-refractivity contribution is 5.46. The predicted octanol–water partition coefficient (Wildman–Crippen LogP) is 3.30. The Kier molecular flexibility index (Phi) is 5.23. The van der Waals surface area contributed by atoms with Gasteiger partial charge >= 0.3 is 0 Å². The number of rotatable bonds is 7. The van der Waals surface area contributed by atoms with Crippen molar-refractivity contribution < 1.29 is 19.3 Å². The van der Waals surface area contributed by atoms with Crippen LogP contribution >= 0.6 is 0 Å². The summed E-state index contributed by atoms with van der Waals surface area (Å²) in [6.07, 6.45) is 3.10. The third-order valence-corrected chi connectivity index (χ3v) is 5.25. The molecule has 2 aliphatic rings. The van der Waals surface area contributed by atoms with Crippen LogP contribution in [0.25, 0.3) is 0 Å². The van der Waals surface area contributed by atoms with Crippen molar-refractivity contribution in [2.24, 2.45) is 0 Å². The van der Waals surface area contributed by atoms with Gasteiger partial charge in [-0.2, -0.15) is 0 Å². The summed E-state index contributed by atoms with van der Waals surface area (Å²) in [6, 6.07) is 10.5. The van der Waals surface area contributed by atoms with Gasteiger partial charge in [-0.25, -0.2) is 0 Å². The number of fused-ring (bicyclic) bond motifs is 2. The number of aliphatic hydroxyl groups is 1. The Hall–Kier alpha value is -2.24. The Bertz CT molecular complexity index is 818. The fourth-order valence-electron chi connectivity index (χ4n) is 4.06. The van der Waals surface area contributed by atoms with Gasteiger partial charge in [0.25, 0.3) is 0 Å². The lowest BCUT2D eigenvalue weighted by molar-refractivity contribution is 0.117. The van der Waals surface area contributed by atoms with E-state index in [0.717, 1.165) is 48.7 Å². The van der Waals surface area contributed by atoms with Crippen molar-refractivity contribution in [1.82, 2.24) is 4.90 Å². The van der Waals surface area contributed by atoms with Gasteiger partial charge in [0.1, 0.15) is 5.75 Å². The van der Waals surface area contributed by atoms with Crippen LogP contribution < -0.4 is 14.2 Å². The van der Waals surface area contributed by atoms with Gasteiger partial charge in [-0.05, 0) is 61.1 Å². The number of methoxy groups -OCH3 is 1. The average Bonchev–Trinajstić information content (AvgIpc) is 3.28. The zero-order valence-electron chi connectivity index (χ0n) is 16.0. The van der Waals surface area contributed by atoms with Crippen molar-refractivity contribution in [2.45, 2.75) is 45.4 Å². The van der Waals surface area contributed by atoms with E-state index in [9.17, 15) is 5.11 Å². The first kappa shape index (κ1) is 18.1. The second kappa shape index (κ2) is 7.79. The van der Waals surface area contributed by atoms with Crippen LogP contribution in [0.1, 0.15) is 35.6 Å². The molecule has 0 saturated heterocycles. The SMILES string of the molecule is COc1cc2c(cc1CN(Cc1ccc3c(c1)OCO3)CC(C)O)CCC2. The van der Waals surface area contributed by atoms with E-state index in [1.165, 1.54) is 23.1 Å². The van der Waals surface area contributed by atoms with Crippen LogP contribution in [0.2, 0.25) is 0 Å². The predicted molar refractivity (Wildman–Crippen MR) is 103 cm³/mol. The molecule has 2 aromatic rings. The quantitative estimate of drug-likeness (QED) is 0.812. The van der Waals surface area contributed by atoms with Crippen LogP contribution in [0.15, 0.2) is 30.3 Å². The molecule has 2 aromatic carbocycles. The zero-order valence-corrected chi connectivity index (χ0v) is 16.0. The molecule has 5 heteroatoms. The molecule has 1 N–H and O–H groups in total. The largest absolute Gasteiger partial charge is 0.496 e.